The second-order valence-corrected chi connectivity index (χ2v) is 7.09. The van der Waals surface area contributed by atoms with E-state index in [4.69, 9.17) is 12.2 Å². The number of aromatic amines is 1. The molecule has 0 amide bonds. The third-order valence-corrected chi connectivity index (χ3v) is 5.59. The smallest absolute Gasteiger partial charge is 0.206 e. The summed E-state index contributed by atoms with van der Waals surface area (Å²) in [6.45, 7) is 2.33. The third-order valence-electron chi connectivity index (χ3n) is 4.44. The van der Waals surface area contributed by atoms with Gasteiger partial charge in [-0.15, -0.1) is 5.10 Å². The number of piperidine rings is 1. The van der Waals surface area contributed by atoms with Crippen LogP contribution in [-0.4, -0.2) is 23.3 Å². The molecule has 1 aromatic heterocycles. The minimum atomic E-state index is 0.673. The Hall–Kier alpha value is -0.420. The standard InChI is InChI=1S/C12H19N3S2/c16-11-14-13-10(17-11)15-8-6-12(7-9-15)4-2-1-3-5-12/h1-9H2,(H,14,16). The zero-order valence-corrected chi connectivity index (χ0v) is 11.7. The number of anilines is 1. The molecule has 2 heterocycles. The van der Waals surface area contributed by atoms with Crippen LogP contribution in [0.4, 0.5) is 5.13 Å². The first kappa shape index (κ1) is 11.7. The topological polar surface area (TPSA) is 31.9 Å². The highest BCUT2D eigenvalue weighted by Crippen LogP contribution is 2.45. The summed E-state index contributed by atoms with van der Waals surface area (Å²) in [5.74, 6) is 0. The monoisotopic (exact) mass is 269 g/mol. The number of rotatable bonds is 1. The van der Waals surface area contributed by atoms with Crippen LogP contribution >= 0.6 is 23.6 Å². The second-order valence-electron chi connectivity index (χ2n) is 5.44. The van der Waals surface area contributed by atoms with E-state index in [0.29, 0.717) is 5.41 Å². The number of nitrogens with one attached hydrogen (secondary N) is 1. The van der Waals surface area contributed by atoms with Gasteiger partial charge in [0.2, 0.25) is 5.13 Å². The van der Waals surface area contributed by atoms with Crippen LogP contribution < -0.4 is 4.90 Å². The van der Waals surface area contributed by atoms with Gasteiger partial charge < -0.3 is 4.90 Å². The molecule has 1 aliphatic heterocycles. The van der Waals surface area contributed by atoms with E-state index in [1.807, 2.05) is 0 Å². The molecule has 5 heteroatoms. The Kier molecular flexibility index (Phi) is 3.21. The van der Waals surface area contributed by atoms with E-state index in [-0.39, 0.29) is 0 Å². The molecule has 1 saturated heterocycles. The Morgan fingerprint density at radius 3 is 2.41 bits per heavy atom. The van der Waals surface area contributed by atoms with E-state index in [0.717, 1.165) is 22.2 Å². The van der Waals surface area contributed by atoms with Crippen molar-refractivity contribution in [2.45, 2.75) is 44.9 Å². The predicted octanol–water partition coefficient (Wildman–Crippen LogP) is 3.75. The fourth-order valence-corrected chi connectivity index (χ4v) is 4.26. The van der Waals surface area contributed by atoms with Gasteiger partial charge in [-0.2, -0.15) is 0 Å². The Bertz CT molecular complexity index is 421. The summed E-state index contributed by atoms with van der Waals surface area (Å²) in [6, 6.07) is 0. The summed E-state index contributed by atoms with van der Waals surface area (Å²) in [6.07, 6.45) is 9.95. The third kappa shape index (κ3) is 2.40. The molecule has 0 aromatic carbocycles. The first-order valence-corrected chi connectivity index (χ1v) is 7.80. The Labute approximate surface area is 111 Å². The lowest BCUT2D eigenvalue weighted by Gasteiger charge is -2.44. The van der Waals surface area contributed by atoms with Crippen molar-refractivity contribution in [3.63, 3.8) is 0 Å². The summed E-state index contributed by atoms with van der Waals surface area (Å²) >= 11 is 6.70. The van der Waals surface area contributed by atoms with E-state index in [2.05, 4.69) is 15.1 Å². The lowest BCUT2D eigenvalue weighted by molar-refractivity contribution is 0.144. The normalized spacial score (nSPS) is 24.1. The zero-order valence-electron chi connectivity index (χ0n) is 10.1. The minimum Gasteiger partial charge on any atom is -0.347 e. The molecule has 1 N–H and O–H groups in total. The van der Waals surface area contributed by atoms with E-state index < -0.39 is 0 Å². The SMILES string of the molecule is S=c1[nH]nc(N2CCC3(CCCCC3)CC2)s1. The fraction of sp³-hybridized carbons (Fsp3) is 0.833. The highest BCUT2D eigenvalue weighted by Gasteiger charge is 2.35. The molecule has 1 spiro atoms. The summed E-state index contributed by atoms with van der Waals surface area (Å²) in [4.78, 5) is 2.40. The van der Waals surface area contributed by atoms with Gasteiger partial charge in [0, 0.05) is 13.1 Å². The van der Waals surface area contributed by atoms with Crippen molar-refractivity contribution in [1.82, 2.24) is 10.2 Å². The molecule has 0 unspecified atom stereocenters. The molecule has 1 aromatic rings. The van der Waals surface area contributed by atoms with E-state index in [1.165, 1.54) is 44.9 Å². The van der Waals surface area contributed by atoms with Crippen LogP contribution in [0, 0.1) is 9.37 Å². The van der Waals surface area contributed by atoms with Crippen molar-refractivity contribution in [3.8, 4) is 0 Å². The fourth-order valence-electron chi connectivity index (χ4n) is 3.33. The first-order chi connectivity index (χ1) is 8.27. The number of hydrogen-bond donors (Lipinski definition) is 1. The van der Waals surface area contributed by atoms with Gasteiger partial charge in [0.15, 0.2) is 3.95 Å². The highest BCUT2D eigenvalue weighted by atomic mass is 32.1. The lowest BCUT2D eigenvalue weighted by atomic mass is 9.68. The molecule has 0 atom stereocenters. The number of aromatic nitrogens is 2. The molecule has 2 fully saturated rings. The maximum Gasteiger partial charge on any atom is 0.206 e. The molecule has 1 aliphatic carbocycles. The van der Waals surface area contributed by atoms with Gasteiger partial charge in [0.05, 0.1) is 0 Å². The van der Waals surface area contributed by atoms with Gasteiger partial charge >= 0.3 is 0 Å². The van der Waals surface area contributed by atoms with Crippen LogP contribution in [0.15, 0.2) is 0 Å². The van der Waals surface area contributed by atoms with Gasteiger partial charge in [-0.25, -0.2) is 0 Å². The molecule has 1 saturated carbocycles. The molecule has 0 bridgehead atoms. The van der Waals surface area contributed by atoms with Gasteiger partial charge in [0.25, 0.3) is 0 Å². The molecule has 0 radical (unpaired) electrons. The quantitative estimate of drug-likeness (QED) is 0.788. The molecule has 2 aliphatic rings. The zero-order chi connectivity index (χ0) is 11.7. The van der Waals surface area contributed by atoms with Crippen LogP contribution in [0.3, 0.4) is 0 Å². The lowest BCUT2D eigenvalue weighted by Crippen LogP contribution is -2.41. The number of H-pyrrole nitrogens is 1. The van der Waals surface area contributed by atoms with Crippen molar-refractivity contribution in [1.29, 1.82) is 0 Å². The van der Waals surface area contributed by atoms with Crippen LogP contribution in [-0.2, 0) is 0 Å². The highest BCUT2D eigenvalue weighted by molar-refractivity contribution is 7.73. The molecular weight excluding hydrogens is 250 g/mol. The summed E-state index contributed by atoms with van der Waals surface area (Å²) in [5.41, 5.74) is 0.673. The predicted molar refractivity (Wildman–Crippen MR) is 74.3 cm³/mol. The maximum absolute atomic E-state index is 5.09. The molecule has 3 nitrogen and oxygen atoms in total. The van der Waals surface area contributed by atoms with Crippen LogP contribution in [0.5, 0.6) is 0 Å². The van der Waals surface area contributed by atoms with Gasteiger partial charge in [-0.1, -0.05) is 30.6 Å². The van der Waals surface area contributed by atoms with Crippen molar-refractivity contribution in [3.05, 3.63) is 3.95 Å². The van der Waals surface area contributed by atoms with Gasteiger partial charge in [0.1, 0.15) is 0 Å². The van der Waals surface area contributed by atoms with Gasteiger partial charge in [-0.3, -0.25) is 5.10 Å². The average Bonchev–Trinajstić information content (AvgIpc) is 2.78. The Morgan fingerprint density at radius 2 is 1.82 bits per heavy atom. The van der Waals surface area contributed by atoms with E-state index in [1.54, 1.807) is 11.3 Å². The first-order valence-electron chi connectivity index (χ1n) is 6.58. The average molecular weight is 269 g/mol. The number of nitrogens with zero attached hydrogens (tertiary/aromatic N) is 2. The molecule has 3 rings (SSSR count). The largest absolute Gasteiger partial charge is 0.347 e. The van der Waals surface area contributed by atoms with Crippen LogP contribution in [0.1, 0.15) is 44.9 Å². The summed E-state index contributed by atoms with van der Waals surface area (Å²) in [5, 5.41) is 8.25. The summed E-state index contributed by atoms with van der Waals surface area (Å²) < 4.78 is 0.790. The van der Waals surface area contributed by atoms with E-state index >= 15 is 0 Å². The molecule has 17 heavy (non-hydrogen) atoms. The summed E-state index contributed by atoms with van der Waals surface area (Å²) in [7, 11) is 0. The Morgan fingerprint density at radius 1 is 1.12 bits per heavy atom. The Balaban J connectivity index is 1.65. The molecule has 94 valence electrons. The number of hydrogen-bond acceptors (Lipinski definition) is 4. The molecular formula is C12H19N3S2. The van der Waals surface area contributed by atoms with Crippen molar-refractivity contribution in [2.75, 3.05) is 18.0 Å². The van der Waals surface area contributed by atoms with Crippen LogP contribution in [0.2, 0.25) is 0 Å². The van der Waals surface area contributed by atoms with Gasteiger partial charge in [-0.05, 0) is 43.3 Å². The minimum absolute atomic E-state index is 0.673. The van der Waals surface area contributed by atoms with Crippen molar-refractivity contribution in [2.24, 2.45) is 5.41 Å². The maximum atomic E-state index is 5.09. The van der Waals surface area contributed by atoms with E-state index in [9.17, 15) is 0 Å². The van der Waals surface area contributed by atoms with Crippen molar-refractivity contribution >= 4 is 28.7 Å². The van der Waals surface area contributed by atoms with Crippen molar-refractivity contribution < 1.29 is 0 Å². The van der Waals surface area contributed by atoms with Crippen LogP contribution in [0.25, 0.3) is 0 Å². The second kappa shape index (κ2) is 4.69.